The van der Waals surface area contributed by atoms with Gasteiger partial charge in [0.1, 0.15) is 12.3 Å². The number of amides is 1. The fourth-order valence-corrected chi connectivity index (χ4v) is 1.10. The van der Waals surface area contributed by atoms with Crippen molar-refractivity contribution in [2.75, 3.05) is 25.1 Å². The lowest BCUT2D eigenvalue weighted by atomic mass is 10.3. The molecule has 0 saturated carbocycles. The molecule has 1 rings (SSSR count). The number of pyridine rings is 1. The van der Waals surface area contributed by atoms with Gasteiger partial charge in [-0.05, 0) is 12.1 Å². The van der Waals surface area contributed by atoms with Crippen LogP contribution >= 0.6 is 0 Å². The Labute approximate surface area is 97.6 Å². The van der Waals surface area contributed by atoms with Crippen LogP contribution in [-0.4, -0.2) is 41.7 Å². The molecule has 1 aromatic heterocycles. The quantitative estimate of drug-likeness (QED) is 0.562. The van der Waals surface area contributed by atoms with Crippen molar-refractivity contribution in [1.82, 2.24) is 4.98 Å². The third-order valence-corrected chi connectivity index (χ3v) is 1.80. The normalized spacial score (nSPS) is 9.88. The molecule has 0 radical (unpaired) electrons. The number of anilines is 1. The number of aromatic carboxylic acids is 1. The van der Waals surface area contributed by atoms with Crippen LogP contribution < -0.4 is 11.1 Å². The maximum atomic E-state index is 10.6. The van der Waals surface area contributed by atoms with E-state index in [2.05, 4.69) is 10.3 Å². The molecular formula is C10H13N3O4. The van der Waals surface area contributed by atoms with Gasteiger partial charge in [0.2, 0.25) is 5.91 Å². The average molecular weight is 239 g/mol. The van der Waals surface area contributed by atoms with E-state index in [9.17, 15) is 9.59 Å². The molecule has 0 fully saturated rings. The summed E-state index contributed by atoms with van der Waals surface area (Å²) in [6.45, 7) is 0.614. The van der Waals surface area contributed by atoms with Gasteiger partial charge in [0.15, 0.2) is 0 Å². The molecule has 17 heavy (non-hydrogen) atoms. The largest absolute Gasteiger partial charge is 0.477 e. The summed E-state index contributed by atoms with van der Waals surface area (Å²) in [5, 5.41) is 11.6. The van der Waals surface area contributed by atoms with Crippen molar-refractivity contribution in [3.05, 3.63) is 24.0 Å². The van der Waals surface area contributed by atoms with Crippen LogP contribution in [0.15, 0.2) is 18.3 Å². The molecule has 4 N–H and O–H groups in total. The molecule has 0 spiro atoms. The van der Waals surface area contributed by atoms with Crippen molar-refractivity contribution in [2.24, 2.45) is 5.73 Å². The molecular weight excluding hydrogens is 226 g/mol. The van der Waals surface area contributed by atoms with Crippen molar-refractivity contribution < 1.29 is 19.4 Å². The van der Waals surface area contributed by atoms with Crippen molar-refractivity contribution in [3.63, 3.8) is 0 Å². The van der Waals surface area contributed by atoms with Crippen LogP contribution in [0.5, 0.6) is 0 Å². The summed E-state index contributed by atoms with van der Waals surface area (Å²) >= 11 is 0. The van der Waals surface area contributed by atoms with E-state index in [1.54, 1.807) is 6.07 Å². The molecule has 0 atom stereocenters. The Morgan fingerprint density at radius 3 is 2.94 bits per heavy atom. The second-order valence-electron chi connectivity index (χ2n) is 3.18. The van der Waals surface area contributed by atoms with Crippen LogP contribution in [0.25, 0.3) is 0 Å². The Hall–Kier alpha value is -2.15. The molecule has 7 nitrogen and oxygen atoms in total. The van der Waals surface area contributed by atoms with Crippen molar-refractivity contribution in [1.29, 1.82) is 0 Å². The van der Waals surface area contributed by atoms with Crippen molar-refractivity contribution >= 4 is 17.6 Å². The SMILES string of the molecule is NC(=O)COCCNc1ccnc(C(=O)O)c1. The number of hydrogen-bond donors (Lipinski definition) is 3. The van der Waals surface area contributed by atoms with Gasteiger partial charge in [-0.25, -0.2) is 9.78 Å². The molecule has 0 aromatic carbocycles. The van der Waals surface area contributed by atoms with E-state index >= 15 is 0 Å². The topological polar surface area (TPSA) is 115 Å². The summed E-state index contributed by atoms with van der Waals surface area (Å²) in [4.78, 5) is 24.7. The van der Waals surface area contributed by atoms with Gasteiger partial charge in [-0.1, -0.05) is 0 Å². The minimum atomic E-state index is -1.08. The van der Waals surface area contributed by atoms with Gasteiger partial charge in [-0.3, -0.25) is 4.79 Å². The van der Waals surface area contributed by atoms with Crippen LogP contribution in [0, 0.1) is 0 Å². The van der Waals surface area contributed by atoms with Crippen LogP contribution in [0.2, 0.25) is 0 Å². The number of carboxylic acids is 1. The van der Waals surface area contributed by atoms with Gasteiger partial charge in [0, 0.05) is 18.4 Å². The highest BCUT2D eigenvalue weighted by molar-refractivity contribution is 5.86. The number of rotatable bonds is 7. The van der Waals surface area contributed by atoms with Crippen LogP contribution in [0.4, 0.5) is 5.69 Å². The van der Waals surface area contributed by atoms with E-state index in [1.807, 2.05) is 0 Å². The zero-order valence-corrected chi connectivity index (χ0v) is 9.05. The van der Waals surface area contributed by atoms with Crippen molar-refractivity contribution in [3.8, 4) is 0 Å². The maximum absolute atomic E-state index is 10.6. The Bertz CT molecular complexity index is 408. The molecule has 0 aliphatic carbocycles. The molecule has 7 heteroatoms. The summed E-state index contributed by atoms with van der Waals surface area (Å²) in [7, 11) is 0. The summed E-state index contributed by atoms with van der Waals surface area (Å²) in [5.41, 5.74) is 5.47. The summed E-state index contributed by atoms with van der Waals surface area (Å²) < 4.78 is 4.93. The minimum Gasteiger partial charge on any atom is -0.477 e. The molecule has 92 valence electrons. The van der Waals surface area contributed by atoms with Gasteiger partial charge in [-0.15, -0.1) is 0 Å². The molecule has 0 unspecified atom stereocenters. The number of nitrogens with zero attached hydrogens (tertiary/aromatic N) is 1. The number of aromatic nitrogens is 1. The fraction of sp³-hybridized carbons (Fsp3) is 0.300. The smallest absolute Gasteiger partial charge is 0.354 e. The van der Waals surface area contributed by atoms with Gasteiger partial charge < -0.3 is 20.9 Å². The zero-order chi connectivity index (χ0) is 12.7. The number of carboxylic acid groups (broad SMARTS) is 1. The first-order valence-electron chi connectivity index (χ1n) is 4.89. The number of ether oxygens (including phenoxy) is 1. The summed E-state index contributed by atoms with van der Waals surface area (Å²) in [6, 6.07) is 3.05. The lowest BCUT2D eigenvalue weighted by Gasteiger charge is -2.06. The van der Waals surface area contributed by atoms with E-state index in [4.69, 9.17) is 15.6 Å². The second kappa shape index (κ2) is 6.44. The predicted molar refractivity (Wildman–Crippen MR) is 59.7 cm³/mol. The van der Waals surface area contributed by atoms with E-state index in [-0.39, 0.29) is 12.3 Å². The van der Waals surface area contributed by atoms with Crippen LogP contribution in [-0.2, 0) is 9.53 Å². The molecule has 0 aliphatic rings. The monoisotopic (exact) mass is 239 g/mol. The molecule has 1 amide bonds. The van der Waals surface area contributed by atoms with E-state index < -0.39 is 11.9 Å². The molecule has 0 aliphatic heterocycles. The molecule has 1 aromatic rings. The average Bonchev–Trinajstić information content (AvgIpc) is 2.28. The third-order valence-electron chi connectivity index (χ3n) is 1.80. The fourth-order valence-electron chi connectivity index (χ4n) is 1.10. The molecule has 0 saturated heterocycles. The zero-order valence-electron chi connectivity index (χ0n) is 9.05. The number of carbonyl (C=O) groups is 2. The lowest BCUT2D eigenvalue weighted by molar-refractivity contribution is -0.122. The van der Waals surface area contributed by atoms with Gasteiger partial charge in [0.05, 0.1) is 6.61 Å². The Balaban J connectivity index is 2.34. The van der Waals surface area contributed by atoms with Gasteiger partial charge >= 0.3 is 5.97 Å². The number of nitrogens with two attached hydrogens (primary N) is 1. The highest BCUT2D eigenvalue weighted by Gasteiger charge is 2.04. The van der Waals surface area contributed by atoms with E-state index in [0.717, 1.165) is 0 Å². The predicted octanol–water partition coefficient (Wildman–Crippen LogP) is -0.306. The Morgan fingerprint density at radius 1 is 1.53 bits per heavy atom. The Kier molecular flexibility index (Phi) is 4.89. The maximum Gasteiger partial charge on any atom is 0.354 e. The van der Waals surface area contributed by atoms with Crippen LogP contribution in [0.3, 0.4) is 0 Å². The number of hydrogen-bond acceptors (Lipinski definition) is 5. The first-order chi connectivity index (χ1) is 8.09. The number of primary amides is 1. The third kappa shape index (κ3) is 4.94. The standard InChI is InChI=1S/C10H13N3O4/c11-9(14)6-17-4-3-12-7-1-2-13-8(5-7)10(15)16/h1-2,5H,3-4,6H2,(H2,11,14)(H,12,13)(H,15,16). The summed E-state index contributed by atoms with van der Waals surface area (Å²) in [5.74, 6) is -1.61. The first-order valence-corrected chi connectivity index (χ1v) is 4.89. The number of nitrogens with one attached hydrogen (secondary N) is 1. The summed E-state index contributed by atoms with van der Waals surface area (Å²) in [6.07, 6.45) is 1.40. The van der Waals surface area contributed by atoms with Crippen LogP contribution in [0.1, 0.15) is 10.5 Å². The highest BCUT2D eigenvalue weighted by atomic mass is 16.5. The van der Waals surface area contributed by atoms with Gasteiger partial charge in [0.25, 0.3) is 0 Å². The highest BCUT2D eigenvalue weighted by Crippen LogP contribution is 2.07. The van der Waals surface area contributed by atoms with E-state index in [0.29, 0.717) is 18.8 Å². The second-order valence-corrected chi connectivity index (χ2v) is 3.18. The minimum absolute atomic E-state index is 0.0342. The Morgan fingerprint density at radius 2 is 2.29 bits per heavy atom. The molecule has 0 bridgehead atoms. The molecule has 1 heterocycles. The van der Waals surface area contributed by atoms with Crippen molar-refractivity contribution in [2.45, 2.75) is 0 Å². The van der Waals surface area contributed by atoms with Gasteiger partial charge in [-0.2, -0.15) is 0 Å². The number of carbonyl (C=O) groups excluding carboxylic acids is 1. The van der Waals surface area contributed by atoms with E-state index in [1.165, 1.54) is 12.3 Å². The lowest BCUT2D eigenvalue weighted by Crippen LogP contribution is -2.20. The first kappa shape index (κ1) is 12.9.